The van der Waals surface area contributed by atoms with Crippen molar-refractivity contribution in [3.63, 3.8) is 0 Å². The van der Waals surface area contributed by atoms with Crippen molar-refractivity contribution in [1.29, 1.82) is 0 Å². The molecule has 6 atom stereocenters. The maximum atomic E-state index is 3.96. The number of hydrogen-bond acceptors (Lipinski definition) is 1. The zero-order valence-corrected chi connectivity index (χ0v) is 10.9. The van der Waals surface area contributed by atoms with Crippen LogP contribution in [-0.2, 0) is 0 Å². The van der Waals surface area contributed by atoms with Crippen LogP contribution in [0.2, 0.25) is 0 Å². The lowest BCUT2D eigenvalue weighted by molar-refractivity contribution is 0.234. The van der Waals surface area contributed by atoms with Gasteiger partial charge in [0.25, 0.3) is 0 Å². The van der Waals surface area contributed by atoms with Gasteiger partial charge in [-0.2, -0.15) is 0 Å². The van der Waals surface area contributed by atoms with Crippen LogP contribution in [-0.4, -0.2) is 12.1 Å². The normalized spacial score (nSPS) is 48.8. The highest BCUT2D eigenvalue weighted by molar-refractivity contribution is 4.95. The molecule has 0 radical (unpaired) electrons. The Labute approximate surface area is 100 Å². The van der Waals surface area contributed by atoms with Crippen LogP contribution in [0.4, 0.5) is 0 Å². The molecule has 3 saturated carbocycles. The smallest absolute Gasteiger partial charge is 0.00952 e. The van der Waals surface area contributed by atoms with Crippen molar-refractivity contribution >= 4 is 0 Å². The first-order valence-corrected chi connectivity index (χ1v) is 7.50. The van der Waals surface area contributed by atoms with Crippen molar-refractivity contribution in [1.82, 2.24) is 5.32 Å². The summed E-state index contributed by atoms with van der Waals surface area (Å²) in [6.45, 7) is 4.88. The molecule has 1 nitrogen and oxygen atoms in total. The van der Waals surface area contributed by atoms with E-state index in [0.29, 0.717) is 0 Å². The van der Waals surface area contributed by atoms with E-state index in [2.05, 4.69) is 19.2 Å². The SMILES string of the molecule is CC1CCCC1NC(C)C1CC2CCC1C2. The Morgan fingerprint density at radius 2 is 1.94 bits per heavy atom. The van der Waals surface area contributed by atoms with Crippen molar-refractivity contribution < 1.29 is 0 Å². The Kier molecular flexibility index (Phi) is 2.99. The maximum Gasteiger partial charge on any atom is 0.00952 e. The van der Waals surface area contributed by atoms with Crippen molar-refractivity contribution in [2.45, 2.75) is 70.9 Å². The second kappa shape index (κ2) is 4.33. The van der Waals surface area contributed by atoms with Crippen molar-refractivity contribution in [2.75, 3.05) is 0 Å². The molecule has 0 amide bonds. The average molecular weight is 221 g/mol. The minimum atomic E-state index is 0.779. The van der Waals surface area contributed by atoms with Gasteiger partial charge in [-0.25, -0.2) is 0 Å². The Morgan fingerprint density at radius 1 is 1.06 bits per heavy atom. The molecular formula is C15H27N. The number of rotatable bonds is 3. The second-order valence-electron chi connectivity index (χ2n) is 6.81. The molecule has 3 rings (SSSR count). The van der Waals surface area contributed by atoms with Gasteiger partial charge in [0.15, 0.2) is 0 Å². The molecule has 0 aromatic heterocycles. The van der Waals surface area contributed by atoms with Gasteiger partial charge in [0.05, 0.1) is 0 Å². The topological polar surface area (TPSA) is 12.0 Å². The minimum Gasteiger partial charge on any atom is -0.311 e. The van der Waals surface area contributed by atoms with Gasteiger partial charge in [-0.05, 0) is 62.7 Å². The van der Waals surface area contributed by atoms with Crippen LogP contribution in [0.25, 0.3) is 0 Å². The lowest BCUT2D eigenvalue weighted by Crippen LogP contribution is -2.43. The molecule has 92 valence electrons. The van der Waals surface area contributed by atoms with E-state index in [-0.39, 0.29) is 0 Å². The summed E-state index contributed by atoms with van der Waals surface area (Å²) >= 11 is 0. The molecule has 3 aliphatic rings. The highest BCUT2D eigenvalue weighted by atomic mass is 15.0. The summed E-state index contributed by atoms with van der Waals surface area (Å²) in [5.41, 5.74) is 0. The summed E-state index contributed by atoms with van der Waals surface area (Å²) in [7, 11) is 0. The molecule has 1 heteroatoms. The summed E-state index contributed by atoms with van der Waals surface area (Å²) in [4.78, 5) is 0. The summed E-state index contributed by atoms with van der Waals surface area (Å²) in [5.74, 6) is 4.09. The molecule has 3 fully saturated rings. The molecule has 2 bridgehead atoms. The van der Waals surface area contributed by atoms with Gasteiger partial charge in [0.2, 0.25) is 0 Å². The van der Waals surface area contributed by atoms with Crippen LogP contribution in [0.3, 0.4) is 0 Å². The summed E-state index contributed by atoms with van der Waals surface area (Å²) in [5, 5.41) is 3.96. The Hall–Kier alpha value is -0.0400. The number of fused-ring (bicyclic) bond motifs is 2. The zero-order valence-electron chi connectivity index (χ0n) is 10.9. The maximum absolute atomic E-state index is 3.96. The van der Waals surface area contributed by atoms with Crippen LogP contribution in [0.5, 0.6) is 0 Å². The van der Waals surface area contributed by atoms with E-state index in [1.165, 1.54) is 38.5 Å². The van der Waals surface area contributed by atoms with E-state index in [9.17, 15) is 0 Å². The van der Waals surface area contributed by atoms with E-state index in [0.717, 1.165) is 35.8 Å². The van der Waals surface area contributed by atoms with Gasteiger partial charge < -0.3 is 5.32 Å². The lowest BCUT2D eigenvalue weighted by atomic mass is 9.83. The van der Waals surface area contributed by atoms with Gasteiger partial charge in [0, 0.05) is 12.1 Å². The van der Waals surface area contributed by atoms with E-state index in [4.69, 9.17) is 0 Å². The fourth-order valence-corrected chi connectivity index (χ4v) is 4.76. The first-order valence-electron chi connectivity index (χ1n) is 7.50. The second-order valence-corrected chi connectivity index (χ2v) is 6.81. The molecule has 1 N–H and O–H groups in total. The average Bonchev–Trinajstić information content (AvgIpc) is 2.95. The highest BCUT2D eigenvalue weighted by Gasteiger charge is 2.42. The predicted molar refractivity (Wildman–Crippen MR) is 68.3 cm³/mol. The van der Waals surface area contributed by atoms with E-state index in [1.807, 2.05) is 0 Å². The third-order valence-corrected chi connectivity index (χ3v) is 5.77. The first-order chi connectivity index (χ1) is 7.74. The summed E-state index contributed by atoms with van der Waals surface area (Å²) in [6, 6.07) is 1.61. The van der Waals surface area contributed by atoms with Crippen LogP contribution >= 0.6 is 0 Å². The summed E-state index contributed by atoms with van der Waals surface area (Å²) in [6.07, 6.45) is 10.5. The van der Waals surface area contributed by atoms with Crippen LogP contribution in [0.15, 0.2) is 0 Å². The summed E-state index contributed by atoms with van der Waals surface area (Å²) < 4.78 is 0. The highest BCUT2D eigenvalue weighted by Crippen LogP contribution is 2.49. The Morgan fingerprint density at radius 3 is 2.50 bits per heavy atom. The molecule has 0 aromatic rings. The number of nitrogens with one attached hydrogen (secondary N) is 1. The molecule has 0 spiro atoms. The van der Waals surface area contributed by atoms with E-state index in [1.54, 1.807) is 6.42 Å². The molecule has 0 aliphatic heterocycles. The largest absolute Gasteiger partial charge is 0.311 e. The van der Waals surface area contributed by atoms with Crippen molar-refractivity contribution in [3.05, 3.63) is 0 Å². The quantitative estimate of drug-likeness (QED) is 0.768. The first kappa shape index (κ1) is 11.1. The van der Waals surface area contributed by atoms with Gasteiger partial charge in [-0.15, -0.1) is 0 Å². The van der Waals surface area contributed by atoms with Crippen LogP contribution < -0.4 is 5.32 Å². The van der Waals surface area contributed by atoms with E-state index >= 15 is 0 Å². The minimum absolute atomic E-state index is 0.779. The molecule has 3 aliphatic carbocycles. The van der Waals surface area contributed by atoms with Crippen LogP contribution in [0, 0.1) is 23.7 Å². The predicted octanol–water partition coefficient (Wildman–Crippen LogP) is 3.59. The lowest BCUT2D eigenvalue weighted by Gasteiger charge is -2.32. The Balaban J connectivity index is 1.55. The monoisotopic (exact) mass is 221 g/mol. The van der Waals surface area contributed by atoms with Crippen molar-refractivity contribution in [3.8, 4) is 0 Å². The molecule has 16 heavy (non-hydrogen) atoms. The fourth-order valence-electron chi connectivity index (χ4n) is 4.76. The molecule has 0 aromatic carbocycles. The molecule has 0 heterocycles. The molecular weight excluding hydrogens is 194 g/mol. The third-order valence-electron chi connectivity index (χ3n) is 5.77. The fraction of sp³-hybridized carbons (Fsp3) is 1.00. The van der Waals surface area contributed by atoms with Crippen LogP contribution in [0.1, 0.15) is 58.8 Å². The van der Waals surface area contributed by atoms with Gasteiger partial charge in [-0.1, -0.05) is 19.8 Å². The molecule has 0 saturated heterocycles. The third kappa shape index (κ3) is 1.92. The standard InChI is InChI=1S/C15H27N/c1-10-4-3-5-15(10)16-11(2)14-9-12-6-7-13(14)8-12/h10-16H,3-9H2,1-2H3. The van der Waals surface area contributed by atoms with Gasteiger partial charge in [0.1, 0.15) is 0 Å². The number of hydrogen-bond donors (Lipinski definition) is 1. The Bertz CT molecular complexity index is 250. The van der Waals surface area contributed by atoms with E-state index < -0.39 is 0 Å². The van der Waals surface area contributed by atoms with Gasteiger partial charge in [-0.3, -0.25) is 0 Å². The van der Waals surface area contributed by atoms with Crippen molar-refractivity contribution in [2.24, 2.45) is 23.7 Å². The molecule has 6 unspecified atom stereocenters. The van der Waals surface area contributed by atoms with Gasteiger partial charge >= 0.3 is 0 Å². The zero-order chi connectivity index (χ0) is 11.1.